The monoisotopic (exact) mass is 403 g/mol. The number of nitrogens with zero attached hydrogens (tertiary/aromatic N) is 1. The molecule has 0 bridgehead atoms. The van der Waals surface area contributed by atoms with Gasteiger partial charge in [0.2, 0.25) is 0 Å². The highest BCUT2D eigenvalue weighted by atomic mass is 19.1. The smallest absolute Gasteiger partial charge is 0.191 e. The highest BCUT2D eigenvalue weighted by molar-refractivity contribution is 5.79. The fraction of sp³-hybridized carbons (Fsp3) is 0.409. The van der Waals surface area contributed by atoms with Gasteiger partial charge in [-0.25, -0.2) is 9.38 Å². The van der Waals surface area contributed by atoms with Crippen molar-refractivity contribution in [1.29, 1.82) is 0 Å². The van der Waals surface area contributed by atoms with Gasteiger partial charge < -0.3 is 25.2 Å². The van der Waals surface area contributed by atoms with E-state index in [1.165, 1.54) is 6.07 Å². The van der Waals surface area contributed by atoms with Crippen molar-refractivity contribution in [2.24, 2.45) is 4.99 Å². The lowest BCUT2D eigenvalue weighted by atomic mass is 10.1. The Morgan fingerprint density at radius 2 is 1.97 bits per heavy atom. The molecule has 0 fully saturated rings. The standard InChI is InChI=1S/C22H30FN3O3/c1-4-24-22(26-15-20(27)18-7-5-6-8-19(18)23)25-14-17-10-9-16(2)13-21(17)29-12-11-28-3/h5-10,13,20,27H,4,11-12,14-15H2,1-3H3,(H2,24,25,26). The van der Waals surface area contributed by atoms with Crippen LogP contribution in [-0.4, -0.2) is 44.5 Å². The first-order valence-corrected chi connectivity index (χ1v) is 9.71. The van der Waals surface area contributed by atoms with Crippen molar-refractivity contribution in [1.82, 2.24) is 10.6 Å². The van der Waals surface area contributed by atoms with Crippen molar-refractivity contribution >= 4 is 5.96 Å². The average Bonchev–Trinajstić information content (AvgIpc) is 2.71. The molecule has 0 aliphatic heterocycles. The second kappa shape index (κ2) is 12.0. The largest absolute Gasteiger partial charge is 0.491 e. The van der Waals surface area contributed by atoms with E-state index in [-0.39, 0.29) is 12.1 Å². The Kier molecular flexibility index (Phi) is 9.40. The van der Waals surface area contributed by atoms with Crippen LogP contribution in [0.1, 0.15) is 29.7 Å². The van der Waals surface area contributed by atoms with Crippen LogP contribution in [0.4, 0.5) is 4.39 Å². The van der Waals surface area contributed by atoms with Gasteiger partial charge in [0, 0.05) is 31.3 Å². The molecule has 0 heterocycles. The van der Waals surface area contributed by atoms with Crippen LogP contribution in [0.25, 0.3) is 0 Å². The Bertz CT molecular complexity index is 799. The normalized spacial score (nSPS) is 12.5. The molecule has 7 heteroatoms. The van der Waals surface area contributed by atoms with Crippen molar-refractivity contribution < 1.29 is 19.0 Å². The number of guanidine groups is 1. The number of rotatable bonds is 10. The first kappa shape index (κ1) is 22.6. The number of aliphatic imine (C=N–C) groups is 1. The number of ether oxygens (including phenoxy) is 2. The number of halogens is 1. The predicted octanol–water partition coefficient (Wildman–Crippen LogP) is 2.95. The Morgan fingerprint density at radius 3 is 2.69 bits per heavy atom. The van der Waals surface area contributed by atoms with E-state index in [1.807, 2.05) is 32.0 Å². The number of aryl methyl sites for hydroxylation is 1. The number of nitrogens with one attached hydrogen (secondary N) is 2. The van der Waals surface area contributed by atoms with E-state index in [4.69, 9.17) is 9.47 Å². The van der Waals surface area contributed by atoms with E-state index in [9.17, 15) is 9.50 Å². The second-order valence-electron chi connectivity index (χ2n) is 6.57. The van der Waals surface area contributed by atoms with E-state index in [1.54, 1.807) is 25.3 Å². The molecule has 1 atom stereocenters. The molecule has 0 spiro atoms. The summed E-state index contributed by atoms with van der Waals surface area (Å²) in [5.74, 6) is 0.876. The quantitative estimate of drug-likeness (QED) is 0.323. The molecule has 158 valence electrons. The summed E-state index contributed by atoms with van der Waals surface area (Å²) in [4.78, 5) is 4.57. The summed E-state index contributed by atoms with van der Waals surface area (Å²) in [5.41, 5.74) is 2.30. The van der Waals surface area contributed by atoms with E-state index >= 15 is 0 Å². The SMILES string of the molecule is CCNC(=NCc1ccc(C)cc1OCCOC)NCC(O)c1ccccc1F. The zero-order valence-corrected chi connectivity index (χ0v) is 17.2. The molecule has 0 aromatic heterocycles. The lowest BCUT2D eigenvalue weighted by Gasteiger charge is -2.16. The number of benzene rings is 2. The number of aliphatic hydroxyl groups is 1. The third-order valence-electron chi connectivity index (χ3n) is 4.25. The van der Waals surface area contributed by atoms with Gasteiger partial charge >= 0.3 is 0 Å². The van der Waals surface area contributed by atoms with Crippen LogP contribution in [0, 0.1) is 12.7 Å². The molecule has 1 unspecified atom stereocenters. The summed E-state index contributed by atoms with van der Waals surface area (Å²) in [5, 5.41) is 16.5. The van der Waals surface area contributed by atoms with Crippen molar-refractivity contribution in [2.75, 3.05) is 33.4 Å². The molecule has 6 nitrogen and oxygen atoms in total. The first-order chi connectivity index (χ1) is 14.0. The minimum atomic E-state index is -0.979. The topological polar surface area (TPSA) is 75.1 Å². The third-order valence-corrected chi connectivity index (χ3v) is 4.25. The van der Waals surface area contributed by atoms with Gasteiger partial charge in [0.25, 0.3) is 0 Å². The van der Waals surface area contributed by atoms with E-state index in [0.717, 1.165) is 16.9 Å². The van der Waals surface area contributed by atoms with Crippen molar-refractivity contribution in [3.8, 4) is 5.75 Å². The number of methoxy groups -OCH3 is 1. The minimum Gasteiger partial charge on any atom is -0.491 e. The van der Waals surface area contributed by atoms with Gasteiger partial charge in [0.1, 0.15) is 18.2 Å². The molecule has 0 amide bonds. The molecule has 2 aromatic carbocycles. The van der Waals surface area contributed by atoms with Gasteiger partial charge in [0.15, 0.2) is 5.96 Å². The maximum atomic E-state index is 13.8. The molecule has 29 heavy (non-hydrogen) atoms. The van der Waals surface area contributed by atoms with Crippen molar-refractivity contribution in [3.63, 3.8) is 0 Å². The second-order valence-corrected chi connectivity index (χ2v) is 6.57. The van der Waals surface area contributed by atoms with Crippen molar-refractivity contribution in [2.45, 2.75) is 26.5 Å². The molecule has 0 radical (unpaired) electrons. The van der Waals surface area contributed by atoms with Crippen molar-refractivity contribution in [3.05, 3.63) is 65.0 Å². The zero-order chi connectivity index (χ0) is 21.1. The predicted molar refractivity (Wildman–Crippen MR) is 113 cm³/mol. The molecule has 0 aliphatic carbocycles. The number of hydrogen-bond acceptors (Lipinski definition) is 4. The molecule has 0 saturated carbocycles. The van der Waals surface area contributed by atoms with E-state index in [2.05, 4.69) is 15.6 Å². The van der Waals surface area contributed by atoms with Gasteiger partial charge in [0.05, 0.1) is 19.3 Å². The van der Waals surface area contributed by atoms with Crippen LogP contribution >= 0.6 is 0 Å². The molecule has 0 aliphatic rings. The van der Waals surface area contributed by atoms with Gasteiger partial charge in [-0.3, -0.25) is 0 Å². The lowest BCUT2D eigenvalue weighted by Crippen LogP contribution is -2.39. The van der Waals surface area contributed by atoms with Crippen LogP contribution in [0.15, 0.2) is 47.5 Å². The molecule has 0 saturated heterocycles. The molecular formula is C22H30FN3O3. The number of hydrogen-bond donors (Lipinski definition) is 3. The Labute approximate surface area is 171 Å². The van der Waals surface area contributed by atoms with Gasteiger partial charge in [-0.2, -0.15) is 0 Å². The lowest BCUT2D eigenvalue weighted by molar-refractivity contribution is 0.145. The molecule has 3 N–H and O–H groups in total. The van der Waals surface area contributed by atoms with Crippen LogP contribution in [-0.2, 0) is 11.3 Å². The molecule has 2 rings (SSSR count). The number of aliphatic hydroxyl groups excluding tert-OH is 1. The fourth-order valence-electron chi connectivity index (χ4n) is 2.72. The fourth-order valence-corrected chi connectivity index (χ4v) is 2.72. The highest BCUT2D eigenvalue weighted by Gasteiger charge is 2.13. The third kappa shape index (κ3) is 7.36. The highest BCUT2D eigenvalue weighted by Crippen LogP contribution is 2.21. The van der Waals surface area contributed by atoms with Gasteiger partial charge in [-0.05, 0) is 31.5 Å². The maximum Gasteiger partial charge on any atom is 0.191 e. The van der Waals surface area contributed by atoms with Gasteiger partial charge in [-0.15, -0.1) is 0 Å². The minimum absolute atomic E-state index is 0.137. The average molecular weight is 403 g/mol. The van der Waals surface area contributed by atoms with E-state index in [0.29, 0.717) is 32.3 Å². The Balaban J connectivity index is 2.04. The van der Waals surface area contributed by atoms with Gasteiger partial charge in [-0.1, -0.05) is 30.3 Å². The summed E-state index contributed by atoms with van der Waals surface area (Å²) in [6.07, 6.45) is -0.979. The Morgan fingerprint density at radius 1 is 1.17 bits per heavy atom. The molecule has 2 aromatic rings. The van der Waals surface area contributed by atoms with Crippen LogP contribution in [0.2, 0.25) is 0 Å². The summed E-state index contributed by atoms with van der Waals surface area (Å²) in [7, 11) is 1.63. The summed E-state index contributed by atoms with van der Waals surface area (Å²) in [6.45, 7) is 6.12. The summed E-state index contributed by atoms with van der Waals surface area (Å²) < 4.78 is 24.7. The summed E-state index contributed by atoms with van der Waals surface area (Å²) in [6, 6.07) is 12.2. The Hall–Kier alpha value is -2.64. The van der Waals surface area contributed by atoms with Crippen LogP contribution < -0.4 is 15.4 Å². The van der Waals surface area contributed by atoms with Crippen LogP contribution in [0.3, 0.4) is 0 Å². The summed E-state index contributed by atoms with van der Waals surface area (Å²) >= 11 is 0. The zero-order valence-electron chi connectivity index (χ0n) is 17.2. The van der Waals surface area contributed by atoms with E-state index < -0.39 is 11.9 Å². The molecular weight excluding hydrogens is 373 g/mol. The van der Waals surface area contributed by atoms with Crippen LogP contribution in [0.5, 0.6) is 5.75 Å². The maximum absolute atomic E-state index is 13.8. The first-order valence-electron chi connectivity index (χ1n) is 9.71.